The van der Waals surface area contributed by atoms with Gasteiger partial charge in [-0.2, -0.15) is 0 Å². The van der Waals surface area contributed by atoms with E-state index in [0.717, 1.165) is 0 Å². The van der Waals surface area contributed by atoms with Crippen LogP contribution >= 0.6 is 12.4 Å². The molecule has 3 rings (SSSR count). The van der Waals surface area contributed by atoms with Gasteiger partial charge in [0.15, 0.2) is 0 Å². The van der Waals surface area contributed by atoms with E-state index >= 15 is 0 Å². The zero-order valence-electron chi connectivity index (χ0n) is 8.71. The molecule has 0 amide bonds. The Kier molecular flexibility index (Phi) is 5.09. The summed E-state index contributed by atoms with van der Waals surface area (Å²) in [5.74, 6) is 0. The van der Waals surface area contributed by atoms with Gasteiger partial charge in [0.05, 0.1) is 0 Å². The van der Waals surface area contributed by atoms with E-state index in [2.05, 4.69) is 28.2 Å². The van der Waals surface area contributed by atoms with Gasteiger partial charge < -0.3 is 4.98 Å². The van der Waals surface area contributed by atoms with Gasteiger partial charge in [0, 0.05) is 24.1 Å². The van der Waals surface area contributed by atoms with E-state index in [1.54, 1.807) is 12.4 Å². The fourth-order valence-electron chi connectivity index (χ4n) is 1.31. The molecule has 3 heteroatoms. The largest absolute Gasteiger partial charge is 0.361 e. The highest BCUT2D eigenvalue weighted by Crippen LogP contribution is 2.09. The molecule has 0 saturated heterocycles. The second-order valence-corrected chi connectivity index (χ2v) is 3.09. The highest BCUT2D eigenvalue weighted by molar-refractivity contribution is 5.85. The van der Waals surface area contributed by atoms with Gasteiger partial charge in [-0.25, -0.2) is 0 Å². The minimum absolute atomic E-state index is 0. The van der Waals surface area contributed by atoms with Gasteiger partial charge >= 0.3 is 0 Å². The number of nitrogens with one attached hydrogen (secondary N) is 1. The maximum atomic E-state index is 3.78. The Labute approximate surface area is 101 Å². The van der Waals surface area contributed by atoms with Crippen molar-refractivity contribution in [1.29, 1.82) is 0 Å². The van der Waals surface area contributed by atoms with Gasteiger partial charge in [-0.3, -0.25) is 4.98 Å². The molecular formula is C13H13ClN2. The van der Waals surface area contributed by atoms with Gasteiger partial charge in [-0.1, -0.05) is 24.3 Å². The highest BCUT2D eigenvalue weighted by atomic mass is 35.5. The van der Waals surface area contributed by atoms with Gasteiger partial charge in [-0.15, -0.1) is 12.4 Å². The van der Waals surface area contributed by atoms with Crippen LogP contribution in [0.4, 0.5) is 0 Å². The summed E-state index contributed by atoms with van der Waals surface area (Å²) in [5, 5.41) is 1.28. The third-order valence-corrected chi connectivity index (χ3v) is 2.03. The van der Waals surface area contributed by atoms with Crippen LogP contribution in [0.15, 0.2) is 67.1 Å². The Morgan fingerprint density at radius 3 is 2.12 bits per heavy atom. The fourth-order valence-corrected chi connectivity index (χ4v) is 1.31. The molecule has 3 aromatic rings. The van der Waals surface area contributed by atoms with Crippen molar-refractivity contribution >= 4 is 23.3 Å². The lowest BCUT2D eigenvalue weighted by Gasteiger charge is -1.83. The molecule has 0 unspecified atom stereocenters. The zero-order chi connectivity index (χ0) is 10.3. The molecular weight excluding hydrogens is 220 g/mol. The first-order valence-corrected chi connectivity index (χ1v) is 4.84. The van der Waals surface area contributed by atoms with Crippen molar-refractivity contribution in [1.82, 2.24) is 9.97 Å². The quantitative estimate of drug-likeness (QED) is 0.630. The highest BCUT2D eigenvalue weighted by Gasteiger charge is 1.86. The van der Waals surface area contributed by atoms with Crippen LogP contribution in [0.1, 0.15) is 0 Å². The molecule has 2 nitrogen and oxygen atoms in total. The van der Waals surface area contributed by atoms with E-state index < -0.39 is 0 Å². The summed E-state index contributed by atoms with van der Waals surface area (Å²) in [7, 11) is 0. The first-order chi connectivity index (χ1) is 7.47. The second-order valence-electron chi connectivity index (χ2n) is 3.09. The molecule has 1 N–H and O–H groups in total. The molecule has 2 aromatic heterocycles. The predicted octanol–water partition coefficient (Wildman–Crippen LogP) is 3.67. The molecule has 0 saturated carbocycles. The molecule has 0 aliphatic heterocycles. The number of aromatic amines is 1. The fraction of sp³-hybridized carbons (Fsp3) is 0. The predicted molar refractivity (Wildman–Crippen MR) is 69.8 cm³/mol. The summed E-state index contributed by atoms with van der Waals surface area (Å²) < 4.78 is 0. The normalized spacial score (nSPS) is 8.75. The third kappa shape index (κ3) is 3.41. The van der Waals surface area contributed by atoms with Crippen LogP contribution in [-0.2, 0) is 0 Å². The zero-order valence-corrected chi connectivity index (χ0v) is 9.52. The first kappa shape index (κ1) is 12.3. The average Bonchev–Trinajstić information content (AvgIpc) is 2.80. The van der Waals surface area contributed by atoms with Crippen LogP contribution in [-0.4, -0.2) is 9.97 Å². The topological polar surface area (TPSA) is 28.7 Å². The van der Waals surface area contributed by atoms with Crippen LogP contribution in [0, 0.1) is 0 Å². The summed E-state index contributed by atoms with van der Waals surface area (Å²) in [6, 6.07) is 16.0. The van der Waals surface area contributed by atoms with Gasteiger partial charge in [0.25, 0.3) is 0 Å². The van der Waals surface area contributed by atoms with Crippen LogP contribution in [0.2, 0.25) is 0 Å². The molecule has 82 valence electrons. The first-order valence-electron chi connectivity index (χ1n) is 4.84. The molecule has 0 radical (unpaired) electrons. The van der Waals surface area contributed by atoms with E-state index in [9.17, 15) is 0 Å². The third-order valence-electron chi connectivity index (χ3n) is 2.03. The lowest BCUT2D eigenvalue weighted by atomic mass is 10.3. The van der Waals surface area contributed by atoms with Crippen LogP contribution in [0.25, 0.3) is 10.9 Å². The number of hydrogen-bond donors (Lipinski definition) is 1. The van der Waals surface area contributed by atoms with Crippen molar-refractivity contribution in [2.45, 2.75) is 0 Å². The number of para-hydroxylation sites is 1. The van der Waals surface area contributed by atoms with Gasteiger partial charge in [0.1, 0.15) is 0 Å². The standard InChI is InChI=1S/C8H7N.C5H5N.ClH/c1-2-4-8-7(3-1)5-6-9-8;1-2-4-6-5-3-1;/h1-6,9H;1-5H;1H. The number of rotatable bonds is 0. The summed E-state index contributed by atoms with van der Waals surface area (Å²) in [4.78, 5) is 6.90. The smallest absolute Gasteiger partial charge is 0.0453 e. The number of halogens is 1. The Hall–Kier alpha value is -1.80. The van der Waals surface area contributed by atoms with E-state index in [1.807, 2.05) is 36.5 Å². The van der Waals surface area contributed by atoms with Crippen molar-refractivity contribution in [3.63, 3.8) is 0 Å². The second kappa shape index (κ2) is 6.64. The van der Waals surface area contributed by atoms with Crippen molar-refractivity contribution < 1.29 is 0 Å². The van der Waals surface area contributed by atoms with E-state index in [0.29, 0.717) is 0 Å². The van der Waals surface area contributed by atoms with Gasteiger partial charge in [-0.05, 0) is 29.7 Å². The molecule has 0 fully saturated rings. The Morgan fingerprint density at radius 1 is 0.812 bits per heavy atom. The molecule has 1 aromatic carbocycles. The SMILES string of the molecule is Cl.c1ccc2[nH]ccc2c1.c1ccncc1. The minimum Gasteiger partial charge on any atom is -0.361 e. The summed E-state index contributed by atoms with van der Waals surface area (Å²) in [6.45, 7) is 0. The Balaban J connectivity index is 0.000000162. The number of fused-ring (bicyclic) bond motifs is 1. The molecule has 16 heavy (non-hydrogen) atoms. The summed E-state index contributed by atoms with van der Waals surface area (Å²) >= 11 is 0. The van der Waals surface area contributed by atoms with Crippen molar-refractivity contribution in [2.24, 2.45) is 0 Å². The lowest BCUT2D eigenvalue weighted by Crippen LogP contribution is -1.61. The number of H-pyrrole nitrogens is 1. The maximum absolute atomic E-state index is 3.78. The summed E-state index contributed by atoms with van der Waals surface area (Å²) in [6.07, 6.45) is 5.45. The molecule has 0 bridgehead atoms. The average molecular weight is 233 g/mol. The molecule has 0 aliphatic carbocycles. The maximum Gasteiger partial charge on any atom is 0.0453 e. The van der Waals surface area contributed by atoms with E-state index in [1.165, 1.54) is 10.9 Å². The van der Waals surface area contributed by atoms with Crippen molar-refractivity contribution in [2.75, 3.05) is 0 Å². The minimum atomic E-state index is 0. The number of hydrogen-bond acceptors (Lipinski definition) is 1. The van der Waals surface area contributed by atoms with Crippen LogP contribution in [0.5, 0.6) is 0 Å². The van der Waals surface area contributed by atoms with E-state index in [-0.39, 0.29) is 12.4 Å². The van der Waals surface area contributed by atoms with Gasteiger partial charge in [0.2, 0.25) is 0 Å². The molecule has 0 spiro atoms. The number of pyridine rings is 1. The van der Waals surface area contributed by atoms with Crippen molar-refractivity contribution in [3.05, 3.63) is 67.1 Å². The summed E-state index contributed by atoms with van der Waals surface area (Å²) in [5.41, 5.74) is 1.21. The lowest BCUT2D eigenvalue weighted by molar-refractivity contribution is 1.33. The molecule has 2 heterocycles. The number of nitrogens with zero attached hydrogens (tertiary/aromatic N) is 1. The Morgan fingerprint density at radius 2 is 1.56 bits per heavy atom. The molecule has 0 aliphatic rings. The molecule has 0 atom stereocenters. The van der Waals surface area contributed by atoms with Crippen LogP contribution in [0.3, 0.4) is 0 Å². The van der Waals surface area contributed by atoms with Crippen molar-refractivity contribution in [3.8, 4) is 0 Å². The van der Waals surface area contributed by atoms with Crippen LogP contribution < -0.4 is 0 Å². The van der Waals surface area contributed by atoms with E-state index in [4.69, 9.17) is 0 Å². The number of benzene rings is 1. The Bertz CT molecular complexity index is 448. The monoisotopic (exact) mass is 232 g/mol. The number of aromatic nitrogens is 2.